The normalized spacial score (nSPS) is 10.9. The number of nitrogens with zero attached hydrogens (tertiary/aromatic N) is 3. The third-order valence-electron chi connectivity index (χ3n) is 4.14. The highest BCUT2D eigenvalue weighted by Gasteiger charge is 2.12. The molecular weight excluding hydrogens is 330 g/mol. The van der Waals surface area contributed by atoms with Crippen LogP contribution in [0.1, 0.15) is 6.42 Å². The van der Waals surface area contributed by atoms with Crippen molar-refractivity contribution in [1.29, 1.82) is 0 Å². The minimum absolute atomic E-state index is 0.456. The number of fused-ring (bicyclic) bond motifs is 1. The van der Waals surface area contributed by atoms with Crippen LogP contribution >= 0.6 is 0 Å². The molecule has 6 nitrogen and oxygen atoms in total. The van der Waals surface area contributed by atoms with Gasteiger partial charge in [-0.05, 0) is 30.0 Å². The molecule has 130 valence electrons. The highest BCUT2D eigenvalue weighted by Crippen LogP contribution is 2.25. The maximum Gasteiger partial charge on any atom is 0.441 e. The lowest BCUT2D eigenvalue weighted by Gasteiger charge is -2.09. The predicted molar refractivity (Wildman–Crippen MR) is 98.1 cm³/mol. The first-order valence-electron chi connectivity index (χ1n) is 8.40. The minimum Gasteiger partial charge on any atom is -0.493 e. The Labute approximate surface area is 149 Å². The second-order valence-electron chi connectivity index (χ2n) is 5.84. The van der Waals surface area contributed by atoms with Gasteiger partial charge in [0.05, 0.1) is 6.61 Å². The summed E-state index contributed by atoms with van der Waals surface area (Å²) in [6, 6.07) is 17.7. The highest BCUT2D eigenvalue weighted by molar-refractivity contribution is 5.88. The molecule has 4 aromatic rings. The van der Waals surface area contributed by atoms with Crippen LogP contribution in [0.4, 0.5) is 0 Å². The lowest BCUT2D eigenvalue weighted by atomic mass is 10.1. The van der Waals surface area contributed by atoms with Crippen molar-refractivity contribution in [2.75, 3.05) is 6.61 Å². The van der Waals surface area contributed by atoms with Gasteiger partial charge in [-0.25, -0.2) is 4.79 Å². The van der Waals surface area contributed by atoms with Crippen molar-refractivity contribution in [1.82, 2.24) is 14.7 Å². The molecule has 0 aliphatic carbocycles. The summed E-state index contributed by atoms with van der Waals surface area (Å²) < 4.78 is 12.2. The van der Waals surface area contributed by atoms with Crippen molar-refractivity contribution < 1.29 is 9.26 Å². The number of aromatic nitrogens is 3. The van der Waals surface area contributed by atoms with Crippen LogP contribution in [0, 0.1) is 0 Å². The molecule has 0 N–H and O–H groups in total. The topological polar surface area (TPSA) is 70.2 Å². The van der Waals surface area contributed by atoms with Crippen molar-refractivity contribution in [2.45, 2.75) is 13.0 Å². The van der Waals surface area contributed by atoms with Crippen LogP contribution in [-0.4, -0.2) is 21.3 Å². The Bertz CT molecular complexity index is 1070. The molecule has 0 unspecified atom stereocenters. The van der Waals surface area contributed by atoms with Crippen LogP contribution in [0.25, 0.3) is 22.2 Å². The average molecular weight is 347 g/mol. The van der Waals surface area contributed by atoms with Gasteiger partial charge in [-0.3, -0.25) is 14.1 Å². The Kier molecular flexibility index (Phi) is 4.47. The number of ether oxygens (including phenoxy) is 1. The molecule has 0 fully saturated rings. The predicted octanol–water partition coefficient (Wildman–Crippen LogP) is 3.52. The Balaban J connectivity index is 1.44. The van der Waals surface area contributed by atoms with Crippen molar-refractivity contribution in [2.24, 2.45) is 0 Å². The van der Waals surface area contributed by atoms with Gasteiger partial charge in [0.2, 0.25) is 0 Å². The van der Waals surface area contributed by atoms with E-state index in [9.17, 15) is 4.79 Å². The molecular formula is C20H17N3O3. The fraction of sp³-hybridized carbons (Fsp3) is 0.150. The van der Waals surface area contributed by atoms with Crippen LogP contribution in [0.2, 0.25) is 0 Å². The van der Waals surface area contributed by atoms with E-state index in [1.807, 2.05) is 36.4 Å². The van der Waals surface area contributed by atoms with E-state index in [4.69, 9.17) is 9.26 Å². The zero-order chi connectivity index (χ0) is 17.8. The van der Waals surface area contributed by atoms with Crippen molar-refractivity contribution in [3.8, 4) is 17.1 Å². The molecule has 0 amide bonds. The fourth-order valence-electron chi connectivity index (χ4n) is 2.89. The lowest BCUT2D eigenvalue weighted by molar-refractivity contribution is 0.301. The van der Waals surface area contributed by atoms with Crippen LogP contribution in [0.3, 0.4) is 0 Å². The molecule has 0 radical (unpaired) electrons. The summed E-state index contributed by atoms with van der Waals surface area (Å²) in [4.78, 5) is 16.0. The van der Waals surface area contributed by atoms with E-state index < -0.39 is 5.76 Å². The molecule has 0 aliphatic rings. The monoisotopic (exact) mass is 347 g/mol. The summed E-state index contributed by atoms with van der Waals surface area (Å²) in [6.45, 7) is 0.940. The molecule has 0 atom stereocenters. The van der Waals surface area contributed by atoms with Gasteiger partial charge < -0.3 is 4.74 Å². The first-order valence-corrected chi connectivity index (χ1v) is 8.40. The Morgan fingerprint density at radius 3 is 2.81 bits per heavy atom. The third-order valence-corrected chi connectivity index (χ3v) is 4.14. The van der Waals surface area contributed by atoms with Gasteiger partial charge in [0.15, 0.2) is 5.82 Å². The molecule has 6 heteroatoms. The van der Waals surface area contributed by atoms with Crippen LogP contribution in [0.15, 0.2) is 76.3 Å². The molecule has 2 heterocycles. The molecule has 0 spiro atoms. The molecule has 2 aromatic carbocycles. The van der Waals surface area contributed by atoms with E-state index in [0.29, 0.717) is 25.4 Å². The number of pyridine rings is 1. The van der Waals surface area contributed by atoms with Crippen LogP contribution in [-0.2, 0) is 6.54 Å². The largest absolute Gasteiger partial charge is 0.493 e. The quantitative estimate of drug-likeness (QED) is 0.499. The van der Waals surface area contributed by atoms with Crippen molar-refractivity contribution in [3.05, 3.63) is 77.5 Å². The maximum atomic E-state index is 11.9. The highest BCUT2D eigenvalue weighted by atomic mass is 16.5. The SMILES string of the molecule is O=c1onc(-c2cccnc2)n1CCCOc1cccc2ccccc12. The molecule has 0 aliphatic heterocycles. The average Bonchev–Trinajstić information content (AvgIpc) is 3.06. The minimum atomic E-state index is -0.478. The van der Waals surface area contributed by atoms with Crippen LogP contribution < -0.4 is 10.5 Å². The molecule has 2 aromatic heterocycles. The second kappa shape index (κ2) is 7.23. The smallest absolute Gasteiger partial charge is 0.441 e. The Morgan fingerprint density at radius 1 is 1.04 bits per heavy atom. The molecule has 4 rings (SSSR count). The lowest BCUT2D eigenvalue weighted by Crippen LogP contribution is -2.17. The molecule has 26 heavy (non-hydrogen) atoms. The number of hydrogen-bond acceptors (Lipinski definition) is 5. The van der Waals surface area contributed by atoms with E-state index in [0.717, 1.165) is 22.1 Å². The first kappa shape index (κ1) is 16.1. The number of benzene rings is 2. The van der Waals surface area contributed by atoms with Crippen molar-refractivity contribution in [3.63, 3.8) is 0 Å². The maximum absolute atomic E-state index is 11.9. The molecule has 0 saturated carbocycles. The van der Waals surface area contributed by atoms with E-state index in [1.165, 1.54) is 4.57 Å². The van der Waals surface area contributed by atoms with E-state index >= 15 is 0 Å². The van der Waals surface area contributed by atoms with Gasteiger partial charge >= 0.3 is 5.76 Å². The standard InChI is InChI=1S/C20H17N3O3/c24-20-23(19(22-26-20)16-8-4-11-21-14-16)12-5-13-25-18-10-3-7-15-6-1-2-9-17(15)18/h1-4,6-11,14H,5,12-13H2. The summed E-state index contributed by atoms with van der Waals surface area (Å²) in [5, 5.41) is 6.07. The third kappa shape index (κ3) is 3.21. The van der Waals surface area contributed by atoms with E-state index in [-0.39, 0.29) is 0 Å². The van der Waals surface area contributed by atoms with E-state index in [1.54, 1.807) is 18.5 Å². The summed E-state index contributed by atoms with van der Waals surface area (Å²) in [7, 11) is 0. The summed E-state index contributed by atoms with van der Waals surface area (Å²) in [6.07, 6.45) is 3.97. The van der Waals surface area contributed by atoms with Gasteiger partial charge in [-0.1, -0.05) is 41.6 Å². The van der Waals surface area contributed by atoms with Gasteiger partial charge in [-0.2, -0.15) is 0 Å². The Hall–Kier alpha value is -3.41. The zero-order valence-electron chi connectivity index (χ0n) is 14.0. The van der Waals surface area contributed by atoms with Gasteiger partial charge in [0, 0.05) is 29.9 Å². The second-order valence-corrected chi connectivity index (χ2v) is 5.84. The van der Waals surface area contributed by atoms with Gasteiger partial charge in [-0.15, -0.1) is 0 Å². The fourth-order valence-corrected chi connectivity index (χ4v) is 2.89. The van der Waals surface area contributed by atoms with Gasteiger partial charge in [0.25, 0.3) is 0 Å². The van der Waals surface area contributed by atoms with E-state index in [2.05, 4.69) is 22.3 Å². The van der Waals surface area contributed by atoms with Crippen molar-refractivity contribution >= 4 is 10.8 Å². The molecule has 0 saturated heterocycles. The zero-order valence-corrected chi connectivity index (χ0v) is 14.0. The molecule has 0 bridgehead atoms. The summed E-state index contributed by atoms with van der Waals surface area (Å²) in [5.74, 6) is 0.843. The summed E-state index contributed by atoms with van der Waals surface area (Å²) in [5.41, 5.74) is 0.744. The van der Waals surface area contributed by atoms with Gasteiger partial charge in [0.1, 0.15) is 5.75 Å². The first-order chi connectivity index (χ1) is 12.8. The summed E-state index contributed by atoms with van der Waals surface area (Å²) >= 11 is 0. The Morgan fingerprint density at radius 2 is 1.92 bits per heavy atom. The number of rotatable bonds is 6. The van der Waals surface area contributed by atoms with Crippen LogP contribution in [0.5, 0.6) is 5.75 Å². The number of hydrogen-bond donors (Lipinski definition) is 0.